The van der Waals surface area contributed by atoms with Gasteiger partial charge in [0, 0.05) is 31.0 Å². The van der Waals surface area contributed by atoms with Crippen LogP contribution in [-0.4, -0.2) is 44.4 Å². The van der Waals surface area contributed by atoms with Crippen LogP contribution in [-0.2, 0) is 0 Å². The van der Waals surface area contributed by atoms with E-state index >= 15 is 0 Å². The van der Waals surface area contributed by atoms with Crippen LogP contribution in [0.2, 0.25) is 0 Å². The second kappa shape index (κ2) is 4.63. The second-order valence-electron chi connectivity index (χ2n) is 5.81. The summed E-state index contributed by atoms with van der Waals surface area (Å²) in [5.41, 5.74) is 6.73. The lowest BCUT2D eigenvalue weighted by atomic mass is 9.99. The van der Waals surface area contributed by atoms with E-state index in [1.807, 2.05) is 10.6 Å². The number of nitrogens with one attached hydrogen (secondary N) is 1. The van der Waals surface area contributed by atoms with E-state index in [1.165, 1.54) is 38.8 Å². The third-order valence-electron chi connectivity index (χ3n) is 4.57. The van der Waals surface area contributed by atoms with Crippen molar-refractivity contribution in [1.82, 2.24) is 19.3 Å². The van der Waals surface area contributed by atoms with Crippen LogP contribution in [0.5, 0.6) is 0 Å². The van der Waals surface area contributed by atoms with E-state index in [-0.39, 0.29) is 0 Å². The Hall–Kier alpha value is -1.82. The van der Waals surface area contributed by atoms with Gasteiger partial charge in [0.25, 0.3) is 0 Å². The molecule has 2 fully saturated rings. The van der Waals surface area contributed by atoms with Gasteiger partial charge in [-0.25, -0.2) is 9.97 Å². The number of nitrogens with two attached hydrogens (primary N) is 1. The molecule has 6 heteroatoms. The van der Waals surface area contributed by atoms with Gasteiger partial charge < -0.3 is 15.5 Å². The minimum Gasteiger partial charge on any atom is -0.382 e. The highest BCUT2D eigenvalue weighted by molar-refractivity contribution is 5.65. The van der Waals surface area contributed by atoms with Crippen molar-refractivity contribution >= 4 is 17.3 Å². The van der Waals surface area contributed by atoms with Crippen LogP contribution in [0.25, 0.3) is 5.65 Å². The SMILES string of the molecule is Nc1cn2ccnc2c(NC2CCN3CCCCC23)n1. The molecule has 2 unspecified atom stereocenters. The number of hydrogen-bond donors (Lipinski definition) is 2. The Labute approximate surface area is 118 Å². The van der Waals surface area contributed by atoms with Crippen LogP contribution >= 0.6 is 0 Å². The van der Waals surface area contributed by atoms with Gasteiger partial charge in [-0.2, -0.15) is 0 Å². The molecule has 2 aliphatic rings. The fourth-order valence-corrected chi connectivity index (χ4v) is 3.64. The molecule has 2 atom stereocenters. The van der Waals surface area contributed by atoms with E-state index in [2.05, 4.69) is 20.2 Å². The summed E-state index contributed by atoms with van der Waals surface area (Å²) in [5, 5.41) is 3.59. The van der Waals surface area contributed by atoms with Crippen molar-refractivity contribution < 1.29 is 0 Å². The molecule has 0 aromatic carbocycles. The average molecular weight is 272 g/mol. The lowest BCUT2D eigenvalue weighted by Gasteiger charge is -2.32. The summed E-state index contributed by atoms with van der Waals surface area (Å²) in [6.07, 6.45) is 10.6. The van der Waals surface area contributed by atoms with Gasteiger partial charge in [-0.3, -0.25) is 4.90 Å². The number of nitrogens with zero attached hydrogens (tertiary/aromatic N) is 4. The third kappa shape index (κ3) is 1.91. The Balaban J connectivity index is 1.62. The van der Waals surface area contributed by atoms with E-state index in [0.717, 1.165) is 11.5 Å². The predicted molar refractivity (Wildman–Crippen MR) is 78.6 cm³/mol. The molecule has 3 N–H and O–H groups in total. The molecule has 0 amide bonds. The van der Waals surface area contributed by atoms with Gasteiger partial charge in [-0.1, -0.05) is 6.42 Å². The van der Waals surface area contributed by atoms with E-state index in [9.17, 15) is 0 Å². The summed E-state index contributed by atoms with van der Waals surface area (Å²) in [6, 6.07) is 1.10. The van der Waals surface area contributed by atoms with Gasteiger partial charge in [-0.05, 0) is 25.8 Å². The van der Waals surface area contributed by atoms with Crippen LogP contribution in [0.4, 0.5) is 11.6 Å². The van der Waals surface area contributed by atoms with Gasteiger partial charge in [0.2, 0.25) is 0 Å². The van der Waals surface area contributed by atoms with Gasteiger partial charge in [0.1, 0.15) is 5.82 Å². The zero-order valence-corrected chi connectivity index (χ0v) is 11.5. The minimum atomic E-state index is 0.463. The standard InChI is InChI=1S/C14H20N6/c15-12-9-20-8-5-16-14(20)13(18-12)17-10-4-7-19-6-2-1-3-11(10)19/h5,8-11H,1-4,6-7,15H2,(H,17,18). The highest BCUT2D eigenvalue weighted by Gasteiger charge is 2.35. The molecule has 20 heavy (non-hydrogen) atoms. The molecule has 2 aromatic heterocycles. The van der Waals surface area contributed by atoms with Gasteiger partial charge in [0.05, 0.1) is 6.20 Å². The lowest BCUT2D eigenvalue weighted by molar-refractivity contribution is 0.192. The summed E-state index contributed by atoms with van der Waals surface area (Å²) in [6.45, 7) is 2.43. The Morgan fingerprint density at radius 3 is 3.15 bits per heavy atom. The molecular weight excluding hydrogens is 252 g/mol. The quantitative estimate of drug-likeness (QED) is 0.863. The molecule has 6 nitrogen and oxygen atoms in total. The first-order valence-electron chi connectivity index (χ1n) is 7.41. The lowest BCUT2D eigenvalue weighted by Crippen LogP contribution is -2.41. The van der Waals surface area contributed by atoms with Crippen molar-refractivity contribution in [1.29, 1.82) is 0 Å². The molecule has 2 saturated heterocycles. The summed E-state index contributed by atoms with van der Waals surface area (Å²) >= 11 is 0. The normalized spacial score (nSPS) is 26.8. The highest BCUT2D eigenvalue weighted by Crippen LogP contribution is 2.29. The van der Waals surface area contributed by atoms with E-state index in [0.29, 0.717) is 17.9 Å². The third-order valence-corrected chi connectivity index (χ3v) is 4.57. The number of nitrogen functional groups attached to an aromatic ring is 1. The largest absolute Gasteiger partial charge is 0.382 e. The maximum absolute atomic E-state index is 5.88. The number of aromatic nitrogens is 3. The molecule has 0 spiro atoms. The van der Waals surface area contributed by atoms with Crippen LogP contribution in [0.15, 0.2) is 18.6 Å². The highest BCUT2D eigenvalue weighted by atomic mass is 15.2. The maximum atomic E-state index is 5.88. The topological polar surface area (TPSA) is 71.5 Å². The first kappa shape index (κ1) is 12.0. The Kier molecular flexibility index (Phi) is 2.77. The molecule has 0 bridgehead atoms. The molecule has 4 heterocycles. The van der Waals surface area contributed by atoms with Crippen LogP contribution in [0.1, 0.15) is 25.7 Å². The Morgan fingerprint density at radius 1 is 1.25 bits per heavy atom. The minimum absolute atomic E-state index is 0.463. The van der Waals surface area contributed by atoms with Gasteiger partial charge in [0.15, 0.2) is 11.5 Å². The number of hydrogen-bond acceptors (Lipinski definition) is 5. The predicted octanol–water partition coefficient (Wildman–Crippen LogP) is 1.35. The Morgan fingerprint density at radius 2 is 2.20 bits per heavy atom. The Bertz CT molecular complexity index is 621. The number of anilines is 2. The summed E-state index contributed by atoms with van der Waals surface area (Å²) in [4.78, 5) is 11.4. The molecule has 0 saturated carbocycles. The molecule has 106 valence electrons. The summed E-state index contributed by atoms with van der Waals surface area (Å²) < 4.78 is 1.93. The first-order chi connectivity index (χ1) is 9.81. The number of fused-ring (bicyclic) bond motifs is 2. The van der Waals surface area contributed by atoms with Crippen LogP contribution in [0.3, 0.4) is 0 Å². The maximum Gasteiger partial charge on any atom is 0.180 e. The van der Waals surface area contributed by atoms with Crippen molar-refractivity contribution in [2.75, 3.05) is 24.1 Å². The van der Waals surface area contributed by atoms with Crippen LogP contribution < -0.4 is 11.1 Å². The monoisotopic (exact) mass is 272 g/mol. The van der Waals surface area contributed by atoms with Gasteiger partial charge >= 0.3 is 0 Å². The molecule has 0 aliphatic carbocycles. The van der Waals surface area contributed by atoms with Crippen molar-refractivity contribution in [2.45, 2.75) is 37.8 Å². The molecule has 2 aromatic rings. The average Bonchev–Trinajstić information content (AvgIpc) is 3.06. The fraction of sp³-hybridized carbons (Fsp3) is 0.571. The molecule has 2 aliphatic heterocycles. The van der Waals surface area contributed by atoms with E-state index < -0.39 is 0 Å². The number of imidazole rings is 1. The molecule has 0 radical (unpaired) electrons. The fourth-order valence-electron chi connectivity index (χ4n) is 3.64. The zero-order chi connectivity index (χ0) is 13.5. The van der Waals surface area contributed by atoms with E-state index in [4.69, 9.17) is 5.73 Å². The smallest absolute Gasteiger partial charge is 0.180 e. The van der Waals surface area contributed by atoms with E-state index in [1.54, 1.807) is 12.4 Å². The number of piperidine rings is 1. The van der Waals surface area contributed by atoms with Gasteiger partial charge in [-0.15, -0.1) is 0 Å². The summed E-state index contributed by atoms with van der Waals surface area (Å²) in [5.74, 6) is 1.34. The van der Waals surface area contributed by atoms with Crippen molar-refractivity contribution in [3.05, 3.63) is 18.6 Å². The second-order valence-corrected chi connectivity index (χ2v) is 5.81. The number of rotatable bonds is 2. The summed E-state index contributed by atoms with van der Waals surface area (Å²) in [7, 11) is 0. The van der Waals surface area contributed by atoms with Crippen molar-refractivity contribution in [2.24, 2.45) is 0 Å². The first-order valence-corrected chi connectivity index (χ1v) is 7.41. The van der Waals surface area contributed by atoms with Crippen molar-refractivity contribution in [3.63, 3.8) is 0 Å². The molecule has 4 rings (SSSR count). The van der Waals surface area contributed by atoms with Crippen molar-refractivity contribution in [3.8, 4) is 0 Å². The van der Waals surface area contributed by atoms with Crippen LogP contribution in [0, 0.1) is 0 Å². The zero-order valence-electron chi connectivity index (χ0n) is 11.5. The molecular formula is C14H20N6.